The van der Waals surface area contributed by atoms with E-state index in [4.69, 9.17) is 16.3 Å². The number of methoxy groups -OCH3 is 1. The van der Waals surface area contributed by atoms with Crippen molar-refractivity contribution in [3.8, 4) is 0 Å². The van der Waals surface area contributed by atoms with Gasteiger partial charge in [0.2, 0.25) is 15.9 Å². The Balaban J connectivity index is 3.16. The molecule has 0 aliphatic heterocycles. The number of ether oxygens (including phenoxy) is 1. The van der Waals surface area contributed by atoms with E-state index in [1.165, 1.54) is 13.2 Å². The molecule has 0 spiro atoms. The number of amides is 1. The second kappa shape index (κ2) is 8.52. The molecule has 8 heteroatoms. The van der Waals surface area contributed by atoms with Crippen molar-refractivity contribution in [2.75, 3.05) is 24.3 Å². The van der Waals surface area contributed by atoms with Crippen LogP contribution in [0.5, 0.6) is 0 Å². The number of nitrogens with one attached hydrogen (secondary N) is 1. The van der Waals surface area contributed by atoms with Crippen molar-refractivity contribution in [1.82, 2.24) is 5.32 Å². The molecule has 1 rings (SSSR count). The van der Waals surface area contributed by atoms with E-state index < -0.39 is 16.1 Å². The lowest BCUT2D eigenvalue weighted by Crippen LogP contribution is -2.51. The topological polar surface area (TPSA) is 75.7 Å². The van der Waals surface area contributed by atoms with Crippen LogP contribution >= 0.6 is 11.6 Å². The highest BCUT2D eigenvalue weighted by Crippen LogP contribution is 2.25. The molecule has 1 aromatic carbocycles. The number of nitrogens with zero attached hydrogens (tertiary/aromatic N) is 1. The van der Waals surface area contributed by atoms with Gasteiger partial charge in [-0.1, -0.05) is 24.6 Å². The summed E-state index contributed by atoms with van der Waals surface area (Å²) in [5.41, 5.74) is 0.362. The minimum Gasteiger partial charge on any atom is -0.383 e. The molecule has 0 aliphatic rings. The number of carbonyl (C=O) groups excluding carboxylic acids is 1. The molecule has 1 amide bonds. The van der Waals surface area contributed by atoms with Crippen molar-refractivity contribution >= 4 is 33.2 Å². The van der Waals surface area contributed by atoms with Crippen molar-refractivity contribution in [1.29, 1.82) is 0 Å². The van der Waals surface area contributed by atoms with E-state index in [9.17, 15) is 13.2 Å². The van der Waals surface area contributed by atoms with Gasteiger partial charge < -0.3 is 10.1 Å². The number of sulfonamides is 1. The second-order valence-electron chi connectivity index (χ2n) is 5.33. The number of benzene rings is 1. The van der Waals surface area contributed by atoms with E-state index in [1.54, 1.807) is 32.0 Å². The molecule has 0 saturated carbocycles. The maximum Gasteiger partial charge on any atom is 0.244 e. The van der Waals surface area contributed by atoms with Crippen molar-refractivity contribution in [2.24, 2.45) is 0 Å². The highest BCUT2D eigenvalue weighted by atomic mass is 35.5. The Kier molecular flexibility index (Phi) is 7.31. The van der Waals surface area contributed by atoms with Crippen molar-refractivity contribution in [3.63, 3.8) is 0 Å². The summed E-state index contributed by atoms with van der Waals surface area (Å²) in [6, 6.07) is 5.35. The lowest BCUT2D eigenvalue weighted by atomic mass is 10.1. The molecule has 0 unspecified atom stereocenters. The zero-order valence-electron chi connectivity index (χ0n) is 13.7. The number of halogens is 1. The Morgan fingerprint density at radius 3 is 2.57 bits per heavy atom. The van der Waals surface area contributed by atoms with E-state index >= 15 is 0 Å². The van der Waals surface area contributed by atoms with E-state index in [0.29, 0.717) is 23.7 Å². The molecule has 0 radical (unpaired) electrons. The Hall–Kier alpha value is -1.31. The third kappa shape index (κ3) is 5.67. The van der Waals surface area contributed by atoms with Crippen LogP contribution in [-0.4, -0.2) is 46.4 Å². The lowest BCUT2D eigenvalue weighted by Gasteiger charge is -2.31. The van der Waals surface area contributed by atoms with Crippen LogP contribution in [0.1, 0.15) is 20.3 Å². The fraction of sp³-hybridized carbons (Fsp3) is 0.533. The number of hydrogen-bond acceptors (Lipinski definition) is 4. The summed E-state index contributed by atoms with van der Waals surface area (Å²) in [4.78, 5) is 12.5. The van der Waals surface area contributed by atoms with Crippen LogP contribution in [0.2, 0.25) is 5.02 Å². The van der Waals surface area contributed by atoms with Crippen molar-refractivity contribution in [3.05, 3.63) is 29.3 Å². The van der Waals surface area contributed by atoms with Gasteiger partial charge in [-0.2, -0.15) is 0 Å². The third-order valence-corrected chi connectivity index (χ3v) is 4.61. The maximum absolute atomic E-state index is 12.5. The van der Waals surface area contributed by atoms with Crippen LogP contribution in [0.25, 0.3) is 0 Å². The van der Waals surface area contributed by atoms with Crippen LogP contribution < -0.4 is 9.62 Å². The average Bonchev–Trinajstić information content (AvgIpc) is 2.43. The lowest BCUT2D eigenvalue weighted by molar-refractivity contribution is -0.123. The smallest absolute Gasteiger partial charge is 0.244 e. The van der Waals surface area contributed by atoms with E-state index in [0.717, 1.165) is 10.6 Å². The standard InChI is InChI=1S/C15H23ClN2O4S/c1-5-14(15(19)17-11(2)10-22-3)18(23(4,20)21)13-8-6-7-12(16)9-13/h6-9,11,14H,5,10H2,1-4H3,(H,17,19)/t11-,14-/m0/s1. The molecule has 0 heterocycles. The number of anilines is 1. The van der Waals surface area contributed by atoms with Gasteiger partial charge in [0.15, 0.2) is 0 Å². The first kappa shape index (κ1) is 19.7. The zero-order chi connectivity index (χ0) is 17.6. The molecule has 0 saturated heterocycles. The number of hydrogen-bond donors (Lipinski definition) is 1. The molecule has 0 bridgehead atoms. The normalized spacial score (nSPS) is 14.1. The molecule has 6 nitrogen and oxygen atoms in total. The van der Waals surface area contributed by atoms with Crippen LogP contribution in [-0.2, 0) is 19.6 Å². The van der Waals surface area contributed by atoms with Gasteiger partial charge in [0.05, 0.1) is 18.6 Å². The fourth-order valence-corrected chi connectivity index (χ4v) is 3.69. The molecule has 1 aromatic rings. The summed E-state index contributed by atoms with van der Waals surface area (Å²) in [5.74, 6) is -0.373. The number of carbonyl (C=O) groups is 1. The van der Waals surface area contributed by atoms with Gasteiger partial charge >= 0.3 is 0 Å². The maximum atomic E-state index is 12.5. The number of rotatable bonds is 8. The first-order chi connectivity index (χ1) is 10.7. The Morgan fingerprint density at radius 1 is 1.43 bits per heavy atom. The van der Waals surface area contributed by atoms with Gasteiger partial charge in [0.25, 0.3) is 0 Å². The average molecular weight is 363 g/mol. The third-order valence-electron chi connectivity index (χ3n) is 3.20. The monoisotopic (exact) mass is 362 g/mol. The predicted molar refractivity (Wildman–Crippen MR) is 92.3 cm³/mol. The van der Waals surface area contributed by atoms with Gasteiger partial charge in [-0.25, -0.2) is 8.42 Å². The van der Waals surface area contributed by atoms with Gasteiger partial charge in [-0.3, -0.25) is 9.10 Å². The summed E-state index contributed by atoms with van der Waals surface area (Å²) < 4.78 is 30.6. The van der Waals surface area contributed by atoms with Gasteiger partial charge in [-0.15, -0.1) is 0 Å². The Labute approximate surface area is 142 Å². The Morgan fingerprint density at radius 2 is 2.09 bits per heavy atom. The van der Waals surface area contributed by atoms with Gasteiger partial charge in [-0.05, 0) is 31.5 Å². The zero-order valence-corrected chi connectivity index (χ0v) is 15.3. The van der Waals surface area contributed by atoms with Gasteiger partial charge in [0.1, 0.15) is 6.04 Å². The van der Waals surface area contributed by atoms with E-state index in [-0.39, 0.29) is 11.9 Å². The fourth-order valence-electron chi connectivity index (χ4n) is 2.30. The largest absolute Gasteiger partial charge is 0.383 e. The highest BCUT2D eigenvalue weighted by molar-refractivity contribution is 7.92. The first-order valence-electron chi connectivity index (χ1n) is 7.25. The minimum atomic E-state index is -3.66. The minimum absolute atomic E-state index is 0.220. The Bertz CT molecular complexity index is 636. The van der Waals surface area contributed by atoms with E-state index in [2.05, 4.69) is 5.32 Å². The summed E-state index contributed by atoms with van der Waals surface area (Å²) in [7, 11) is -2.12. The molecule has 2 atom stereocenters. The first-order valence-corrected chi connectivity index (χ1v) is 9.47. The highest BCUT2D eigenvalue weighted by Gasteiger charge is 2.32. The quantitative estimate of drug-likeness (QED) is 0.767. The molecular weight excluding hydrogens is 340 g/mol. The molecule has 0 aromatic heterocycles. The summed E-state index contributed by atoms with van der Waals surface area (Å²) >= 11 is 5.95. The molecule has 0 aliphatic carbocycles. The van der Waals surface area contributed by atoms with Crippen molar-refractivity contribution in [2.45, 2.75) is 32.4 Å². The van der Waals surface area contributed by atoms with Crippen molar-refractivity contribution < 1.29 is 17.9 Å². The van der Waals surface area contributed by atoms with Gasteiger partial charge in [0, 0.05) is 18.2 Å². The summed E-state index contributed by atoms with van der Waals surface area (Å²) in [5, 5.41) is 3.17. The van der Waals surface area contributed by atoms with Crippen LogP contribution in [0, 0.1) is 0 Å². The molecule has 23 heavy (non-hydrogen) atoms. The second-order valence-corrected chi connectivity index (χ2v) is 7.62. The van der Waals surface area contributed by atoms with Crippen LogP contribution in [0.15, 0.2) is 24.3 Å². The van der Waals surface area contributed by atoms with Crippen LogP contribution in [0.4, 0.5) is 5.69 Å². The molecule has 1 N–H and O–H groups in total. The molecular formula is C15H23ClN2O4S. The summed E-state index contributed by atoms with van der Waals surface area (Å²) in [6.45, 7) is 3.89. The molecule has 0 fully saturated rings. The van der Waals surface area contributed by atoms with E-state index in [1.807, 2.05) is 0 Å². The van der Waals surface area contributed by atoms with Crippen LogP contribution in [0.3, 0.4) is 0 Å². The SMILES string of the molecule is CC[C@@H](C(=O)N[C@@H](C)COC)N(c1cccc(Cl)c1)S(C)(=O)=O. The molecule has 130 valence electrons. The summed E-state index contributed by atoms with van der Waals surface area (Å²) in [6.07, 6.45) is 1.40. The predicted octanol–water partition coefficient (Wildman–Crippen LogP) is 2.04.